The molecule has 1 atom stereocenters. The van der Waals surface area contributed by atoms with Gasteiger partial charge in [-0.1, -0.05) is 11.6 Å². The number of fused-ring (bicyclic) bond motifs is 1. The number of imidazole rings is 1. The molecule has 0 bridgehead atoms. The van der Waals surface area contributed by atoms with Crippen LogP contribution in [0.1, 0.15) is 36.7 Å². The van der Waals surface area contributed by atoms with Crippen LogP contribution in [-0.2, 0) is 13.0 Å². The summed E-state index contributed by atoms with van der Waals surface area (Å²) in [5.41, 5.74) is 1.27. The van der Waals surface area contributed by atoms with Gasteiger partial charge in [-0.25, -0.2) is 4.98 Å². The van der Waals surface area contributed by atoms with Gasteiger partial charge in [0.1, 0.15) is 5.82 Å². The average Bonchev–Trinajstić information content (AvgIpc) is 2.87. The molecule has 0 aromatic carbocycles. The number of hydrogen-bond donors (Lipinski definition) is 1. The van der Waals surface area contributed by atoms with Gasteiger partial charge in [0, 0.05) is 19.0 Å². The van der Waals surface area contributed by atoms with E-state index < -0.39 is 0 Å². The van der Waals surface area contributed by atoms with Crippen molar-refractivity contribution in [3.8, 4) is 0 Å². The van der Waals surface area contributed by atoms with Crippen LogP contribution in [0.3, 0.4) is 0 Å². The minimum atomic E-state index is 0.578. The van der Waals surface area contributed by atoms with Crippen molar-refractivity contribution in [1.82, 2.24) is 14.9 Å². The summed E-state index contributed by atoms with van der Waals surface area (Å²) in [5, 5.41) is 4.14. The Kier molecular flexibility index (Phi) is 2.45. The summed E-state index contributed by atoms with van der Waals surface area (Å²) < 4.78 is 2.36. The Balaban J connectivity index is 1.99. The molecule has 1 N–H and O–H groups in total. The zero-order valence-corrected chi connectivity index (χ0v) is 9.56. The topological polar surface area (TPSA) is 29.9 Å². The number of aromatic nitrogens is 2. The maximum atomic E-state index is 6.19. The van der Waals surface area contributed by atoms with Crippen LogP contribution in [0.25, 0.3) is 0 Å². The quantitative estimate of drug-likeness (QED) is 0.792. The molecule has 1 unspecified atom stereocenters. The number of nitrogens with zero attached hydrogens (tertiary/aromatic N) is 2. The maximum Gasteiger partial charge on any atom is 0.150 e. The van der Waals surface area contributed by atoms with E-state index >= 15 is 0 Å². The second-order valence-electron chi connectivity index (χ2n) is 4.51. The first kappa shape index (κ1) is 9.67. The lowest BCUT2D eigenvalue weighted by Crippen LogP contribution is -2.17. The van der Waals surface area contributed by atoms with Crippen LogP contribution in [-0.4, -0.2) is 22.6 Å². The highest BCUT2D eigenvalue weighted by Gasteiger charge is 2.26. The molecule has 15 heavy (non-hydrogen) atoms. The number of halogens is 1. The molecule has 0 spiro atoms. The summed E-state index contributed by atoms with van der Waals surface area (Å²) in [7, 11) is 0. The van der Waals surface area contributed by atoms with E-state index in [1.54, 1.807) is 0 Å². The first-order valence-electron chi connectivity index (χ1n) is 5.82. The monoisotopic (exact) mass is 225 g/mol. The van der Waals surface area contributed by atoms with Crippen molar-refractivity contribution in [2.24, 2.45) is 0 Å². The molecule has 0 amide bonds. The molecule has 1 saturated heterocycles. The Morgan fingerprint density at radius 1 is 1.40 bits per heavy atom. The minimum Gasteiger partial charge on any atom is -0.330 e. The molecule has 1 aromatic heterocycles. The van der Waals surface area contributed by atoms with Gasteiger partial charge in [0.2, 0.25) is 0 Å². The predicted molar refractivity (Wildman–Crippen MR) is 60.4 cm³/mol. The highest BCUT2D eigenvalue weighted by molar-refractivity contribution is 6.30. The third kappa shape index (κ3) is 1.58. The zero-order chi connectivity index (χ0) is 10.3. The van der Waals surface area contributed by atoms with Crippen LogP contribution < -0.4 is 5.32 Å². The predicted octanol–water partition coefficient (Wildman–Crippen LogP) is 1.95. The van der Waals surface area contributed by atoms with Crippen molar-refractivity contribution in [3.05, 3.63) is 16.7 Å². The van der Waals surface area contributed by atoms with Crippen molar-refractivity contribution >= 4 is 11.6 Å². The third-order valence-corrected chi connectivity index (χ3v) is 3.83. The van der Waals surface area contributed by atoms with Gasteiger partial charge >= 0.3 is 0 Å². The molecule has 1 fully saturated rings. The fourth-order valence-electron chi connectivity index (χ4n) is 2.71. The van der Waals surface area contributed by atoms with Gasteiger partial charge in [-0.2, -0.15) is 0 Å². The fourth-order valence-corrected chi connectivity index (χ4v) is 2.99. The van der Waals surface area contributed by atoms with E-state index in [2.05, 4.69) is 14.9 Å². The number of rotatable bonds is 1. The Morgan fingerprint density at radius 3 is 3.13 bits per heavy atom. The molecule has 0 saturated carbocycles. The van der Waals surface area contributed by atoms with Crippen molar-refractivity contribution in [2.75, 3.05) is 13.1 Å². The molecule has 3 nitrogen and oxygen atoms in total. The van der Waals surface area contributed by atoms with Crippen LogP contribution in [0, 0.1) is 0 Å². The van der Waals surface area contributed by atoms with Crippen molar-refractivity contribution < 1.29 is 0 Å². The lowest BCUT2D eigenvalue weighted by Gasteiger charge is -2.18. The van der Waals surface area contributed by atoms with Crippen LogP contribution >= 0.6 is 11.6 Å². The first-order chi connectivity index (χ1) is 7.36. The highest BCUT2D eigenvalue weighted by Crippen LogP contribution is 2.30. The Bertz CT molecular complexity index is 366. The lowest BCUT2D eigenvalue weighted by molar-refractivity contribution is 0.498. The van der Waals surface area contributed by atoms with E-state index in [4.69, 9.17) is 11.6 Å². The molecule has 3 rings (SSSR count). The van der Waals surface area contributed by atoms with Crippen LogP contribution in [0.4, 0.5) is 0 Å². The molecular formula is C11H16ClN3. The van der Waals surface area contributed by atoms with E-state index in [0.29, 0.717) is 5.92 Å². The normalized spacial score (nSPS) is 25.5. The largest absolute Gasteiger partial charge is 0.330 e. The lowest BCUT2D eigenvalue weighted by atomic mass is 10.1. The number of hydrogen-bond acceptors (Lipinski definition) is 2. The maximum absolute atomic E-state index is 6.19. The first-order valence-corrected chi connectivity index (χ1v) is 6.19. The summed E-state index contributed by atoms with van der Waals surface area (Å²) in [5.74, 6) is 1.80. The summed E-state index contributed by atoms with van der Waals surface area (Å²) in [6, 6.07) is 0. The summed E-state index contributed by atoms with van der Waals surface area (Å²) in [4.78, 5) is 4.56. The molecular weight excluding hydrogens is 210 g/mol. The van der Waals surface area contributed by atoms with Crippen molar-refractivity contribution in [3.63, 3.8) is 0 Å². The Hall–Kier alpha value is -0.540. The second kappa shape index (κ2) is 3.80. The van der Waals surface area contributed by atoms with Gasteiger partial charge in [0.15, 0.2) is 5.15 Å². The smallest absolute Gasteiger partial charge is 0.150 e. The summed E-state index contributed by atoms with van der Waals surface area (Å²) in [6.45, 7) is 3.29. The van der Waals surface area contributed by atoms with Gasteiger partial charge < -0.3 is 9.88 Å². The molecule has 2 aliphatic rings. The van der Waals surface area contributed by atoms with Gasteiger partial charge in [-0.05, 0) is 32.2 Å². The van der Waals surface area contributed by atoms with Gasteiger partial charge in [-0.15, -0.1) is 0 Å². The van der Waals surface area contributed by atoms with Crippen LogP contribution in [0.5, 0.6) is 0 Å². The van der Waals surface area contributed by atoms with Gasteiger partial charge in [0.05, 0.1) is 5.69 Å². The number of nitrogens with one attached hydrogen (secondary N) is 1. The van der Waals surface area contributed by atoms with Gasteiger partial charge in [-0.3, -0.25) is 0 Å². The molecule has 3 heterocycles. The van der Waals surface area contributed by atoms with Crippen molar-refractivity contribution in [1.29, 1.82) is 0 Å². The van der Waals surface area contributed by atoms with Crippen LogP contribution in [0.2, 0.25) is 5.15 Å². The highest BCUT2D eigenvalue weighted by atomic mass is 35.5. The fraction of sp³-hybridized carbons (Fsp3) is 0.727. The SMILES string of the molecule is Clc1nc(C2CCNC2)n2c1CCCC2. The van der Waals surface area contributed by atoms with E-state index in [-0.39, 0.29) is 0 Å². The Labute approximate surface area is 94.8 Å². The van der Waals surface area contributed by atoms with E-state index in [1.807, 2.05) is 0 Å². The molecule has 0 radical (unpaired) electrons. The van der Waals surface area contributed by atoms with E-state index in [1.165, 1.54) is 30.8 Å². The molecule has 4 heteroatoms. The van der Waals surface area contributed by atoms with Crippen LogP contribution in [0.15, 0.2) is 0 Å². The summed E-state index contributed by atoms with van der Waals surface area (Å²) >= 11 is 6.19. The minimum absolute atomic E-state index is 0.578. The summed E-state index contributed by atoms with van der Waals surface area (Å²) in [6.07, 6.45) is 4.83. The zero-order valence-electron chi connectivity index (χ0n) is 8.80. The van der Waals surface area contributed by atoms with Gasteiger partial charge in [0.25, 0.3) is 0 Å². The third-order valence-electron chi connectivity index (χ3n) is 3.52. The standard InChI is InChI=1S/C11H16ClN3/c12-10-9-3-1-2-6-15(9)11(14-10)8-4-5-13-7-8/h8,13H,1-7H2. The van der Waals surface area contributed by atoms with E-state index in [0.717, 1.165) is 31.2 Å². The second-order valence-corrected chi connectivity index (χ2v) is 4.86. The molecule has 1 aromatic rings. The van der Waals surface area contributed by atoms with Crippen molar-refractivity contribution in [2.45, 2.75) is 38.1 Å². The molecule has 0 aliphatic carbocycles. The average molecular weight is 226 g/mol. The van der Waals surface area contributed by atoms with E-state index in [9.17, 15) is 0 Å². The Morgan fingerprint density at radius 2 is 2.33 bits per heavy atom. The molecule has 2 aliphatic heterocycles. The molecule has 82 valence electrons.